The number of alkyl halides is 3. The number of nitrogens with two attached hydrogens (primary N) is 1. The largest absolute Gasteiger partial charge is 0.443 e. The van der Waals surface area contributed by atoms with Crippen molar-refractivity contribution in [2.45, 2.75) is 50.4 Å². The van der Waals surface area contributed by atoms with Crippen LogP contribution >= 0.6 is 11.3 Å². The molecule has 0 amide bonds. The second-order valence-electron chi connectivity index (χ2n) is 5.49. The highest BCUT2D eigenvalue weighted by Crippen LogP contribution is 2.44. The molecule has 0 radical (unpaired) electrons. The van der Waals surface area contributed by atoms with Crippen LogP contribution in [0.3, 0.4) is 0 Å². The van der Waals surface area contributed by atoms with Crippen LogP contribution in [-0.2, 0) is 10.9 Å². The van der Waals surface area contributed by atoms with E-state index in [1.165, 1.54) is 6.20 Å². The number of rotatable bonds is 3. The Kier molecular flexibility index (Phi) is 4.41. The van der Waals surface area contributed by atoms with E-state index in [2.05, 4.69) is 11.9 Å². The number of nitrogens with zero attached hydrogens (tertiary/aromatic N) is 1. The second-order valence-corrected chi connectivity index (χ2v) is 6.56. The van der Waals surface area contributed by atoms with Crippen molar-refractivity contribution in [1.82, 2.24) is 4.98 Å². The van der Waals surface area contributed by atoms with Crippen LogP contribution in [0, 0.1) is 5.92 Å². The molecule has 1 aliphatic rings. The van der Waals surface area contributed by atoms with Gasteiger partial charge in [0.25, 0.3) is 0 Å². The minimum atomic E-state index is -4.41. The zero-order valence-electron chi connectivity index (χ0n) is 11.5. The fraction of sp³-hybridized carbons (Fsp3) is 0.769. The highest BCUT2D eigenvalue weighted by Gasteiger charge is 2.42. The van der Waals surface area contributed by atoms with Gasteiger partial charge in [-0.1, -0.05) is 6.92 Å². The number of hydrogen-bond acceptors (Lipinski definition) is 4. The Morgan fingerprint density at radius 2 is 2.05 bits per heavy atom. The quantitative estimate of drug-likeness (QED) is 0.925. The molecule has 1 heterocycles. The predicted molar refractivity (Wildman–Crippen MR) is 71.4 cm³/mol. The van der Waals surface area contributed by atoms with Crippen molar-refractivity contribution in [3.05, 3.63) is 16.1 Å². The van der Waals surface area contributed by atoms with Crippen LogP contribution < -0.4 is 5.73 Å². The van der Waals surface area contributed by atoms with Crippen molar-refractivity contribution in [3.8, 4) is 0 Å². The van der Waals surface area contributed by atoms with E-state index < -0.39 is 22.8 Å². The maximum Gasteiger partial charge on any atom is 0.443 e. The van der Waals surface area contributed by atoms with E-state index >= 15 is 0 Å². The summed E-state index contributed by atoms with van der Waals surface area (Å²) in [6, 6.07) is -0.561. The second kappa shape index (κ2) is 5.61. The molecule has 1 aromatic rings. The molecule has 1 unspecified atom stereocenters. The Hall–Kier alpha value is -0.660. The lowest BCUT2D eigenvalue weighted by molar-refractivity contribution is -0.137. The van der Waals surface area contributed by atoms with E-state index in [9.17, 15) is 13.2 Å². The van der Waals surface area contributed by atoms with Crippen LogP contribution in [0.5, 0.6) is 0 Å². The third-order valence-corrected chi connectivity index (χ3v) is 5.29. The average molecular weight is 308 g/mol. The first-order valence-electron chi connectivity index (χ1n) is 6.62. The molecular formula is C13H19F3N2OS. The fourth-order valence-corrected chi connectivity index (χ4v) is 3.61. The average Bonchev–Trinajstić information content (AvgIpc) is 2.89. The topological polar surface area (TPSA) is 48.1 Å². The number of halogens is 3. The number of aromatic nitrogens is 1. The molecule has 1 atom stereocenters. The van der Waals surface area contributed by atoms with Gasteiger partial charge in [-0.2, -0.15) is 13.2 Å². The van der Waals surface area contributed by atoms with Gasteiger partial charge in [-0.3, -0.25) is 0 Å². The van der Waals surface area contributed by atoms with Gasteiger partial charge in [0.15, 0.2) is 5.01 Å². The van der Waals surface area contributed by atoms with Gasteiger partial charge in [0.05, 0.1) is 11.6 Å². The SMILES string of the molecule is COC1(C(N)c2cnc(C(F)(F)F)s2)CCC(C)CC1. The van der Waals surface area contributed by atoms with Crippen molar-refractivity contribution in [2.24, 2.45) is 11.7 Å². The third kappa shape index (κ3) is 2.99. The highest BCUT2D eigenvalue weighted by molar-refractivity contribution is 7.11. The summed E-state index contributed by atoms with van der Waals surface area (Å²) in [4.78, 5) is 3.88. The Balaban J connectivity index is 2.20. The first kappa shape index (κ1) is 15.7. The first-order chi connectivity index (χ1) is 9.28. The van der Waals surface area contributed by atoms with Crippen molar-refractivity contribution in [1.29, 1.82) is 0 Å². The van der Waals surface area contributed by atoms with Crippen molar-refractivity contribution in [2.75, 3.05) is 7.11 Å². The van der Waals surface area contributed by atoms with Crippen LogP contribution in [0.4, 0.5) is 13.2 Å². The van der Waals surface area contributed by atoms with Crippen molar-refractivity contribution < 1.29 is 17.9 Å². The Morgan fingerprint density at radius 3 is 2.50 bits per heavy atom. The molecule has 2 N–H and O–H groups in total. The summed E-state index contributed by atoms with van der Waals surface area (Å²) in [5.41, 5.74) is 5.63. The first-order valence-corrected chi connectivity index (χ1v) is 7.44. The summed E-state index contributed by atoms with van der Waals surface area (Å²) in [5, 5.41) is -0.849. The Labute approximate surface area is 120 Å². The van der Waals surface area contributed by atoms with E-state index in [0.717, 1.165) is 25.7 Å². The minimum absolute atomic E-state index is 0.439. The summed E-state index contributed by atoms with van der Waals surface area (Å²) < 4.78 is 43.4. The summed E-state index contributed by atoms with van der Waals surface area (Å²) >= 11 is 0.615. The molecule has 1 aliphatic carbocycles. The van der Waals surface area contributed by atoms with E-state index in [1.807, 2.05) is 0 Å². The molecule has 0 aromatic carbocycles. The molecule has 0 bridgehead atoms. The van der Waals surface area contributed by atoms with Gasteiger partial charge in [0, 0.05) is 18.2 Å². The monoisotopic (exact) mass is 308 g/mol. The molecule has 0 saturated heterocycles. The Morgan fingerprint density at radius 1 is 1.45 bits per heavy atom. The lowest BCUT2D eigenvalue weighted by Gasteiger charge is -2.42. The minimum Gasteiger partial charge on any atom is -0.376 e. The molecule has 114 valence electrons. The summed E-state index contributed by atoms with van der Waals surface area (Å²) in [6.45, 7) is 2.17. The van der Waals surface area contributed by atoms with Crippen LogP contribution in [0.25, 0.3) is 0 Å². The lowest BCUT2D eigenvalue weighted by Crippen LogP contribution is -2.45. The molecule has 0 spiro atoms. The normalized spacial score (nSPS) is 29.4. The standard InChI is InChI=1S/C13H19F3N2OS/c1-8-3-5-12(19-2,6-4-8)10(17)9-7-18-11(20-9)13(14,15)16/h7-8,10H,3-6,17H2,1-2H3. The number of methoxy groups -OCH3 is 1. The molecule has 3 nitrogen and oxygen atoms in total. The van der Waals surface area contributed by atoms with E-state index in [4.69, 9.17) is 10.5 Å². The number of ether oxygens (including phenoxy) is 1. The van der Waals surface area contributed by atoms with Crippen LogP contribution in [0.2, 0.25) is 0 Å². The van der Waals surface area contributed by atoms with E-state index in [1.54, 1.807) is 7.11 Å². The van der Waals surface area contributed by atoms with Gasteiger partial charge in [0.2, 0.25) is 0 Å². The molecule has 7 heteroatoms. The van der Waals surface area contributed by atoms with Crippen LogP contribution in [0.15, 0.2) is 6.20 Å². The fourth-order valence-electron chi connectivity index (χ4n) is 2.71. The lowest BCUT2D eigenvalue weighted by atomic mass is 9.75. The van der Waals surface area contributed by atoms with Gasteiger partial charge < -0.3 is 10.5 Å². The molecular weight excluding hydrogens is 289 g/mol. The van der Waals surface area contributed by atoms with Crippen LogP contribution in [0.1, 0.15) is 48.5 Å². The summed E-state index contributed by atoms with van der Waals surface area (Å²) in [7, 11) is 1.58. The maximum absolute atomic E-state index is 12.6. The number of hydrogen-bond donors (Lipinski definition) is 1. The van der Waals surface area contributed by atoms with Gasteiger partial charge in [0.1, 0.15) is 0 Å². The zero-order valence-corrected chi connectivity index (χ0v) is 12.4. The Bertz CT molecular complexity index is 453. The van der Waals surface area contributed by atoms with Gasteiger partial charge in [-0.25, -0.2) is 4.98 Å². The van der Waals surface area contributed by atoms with E-state index in [-0.39, 0.29) is 0 Å². The van der Waals surface area contributed by atoms with Crippen molar-refractivity contribution >= 4 is 11.3 Å². The zero-order chi connectivity index (χ0) is 15.0. The molecule has 1 aromatic heterocycles. The molecule has 0 aliphatic heterocycles. The smallest absolute Gasteiger partial charge is 0.376 e. The van der Waals surface area contributed by atoms with Gasteiger partial charge in [-0.15, -0.1) is 11.3 Å². The van der Waals surface area contributed by atoms with Crippen molar-refractivity contribution in [3.63, 3.8) is 0 Å². The summed E-state index contributed by atoms with van der Waals surface area (Å²) in [5.74, 6) is 0.609. The van der Waals surface area contributed by atoms with Gasteiger partial charge in [-0.05, 0) is 31.6 Å². The molecule has 20 heavy (non-hydrogen) atoms. The van der Waals surface area contributed by atoms with E-state index in [0.29, 0.717) is 22.1 Å². The maximum atomic E-state index is 12.6. The number of thiazole rings is 1. The molecule has 1 saturated carbocycles. The van der Waals surface area contributed by atoms with Gasteiger partial charge >= 0.3 is 6.18 Å². The van der Waals surface area contributed by atoms with Crippen LogP contribution in [-0.4, -0.2) is 17.7 Å². The third-order valence-electron chi connectivity index (χ3n) is 4.17. The molecule has 2 rings (SSSR count). The predicted octanol–water partition coefficient (Wildman–Crippen LogP) is 3.76. The summed E-state index contributed by atoms with van der Waals surface area (Å²) in [6.07, 6.45) is 0.316. The highest BCUT2D eigenvalue weighted by atomic mass is 32.1. The molecule has 1 fully saturated rings.